The van der Waals surface area contributed by atoms with Crippen LogP contribution in [-0.4, -0.2) is 10.9 Å². The van der Waals surface area contributed by atoms with Crippen LogP contribution in [0.5, 0.6) is 0 Å². The minimum Gasteiger partial charge on any atom is -0.365 e. The van der Waals surface area contributed by atoms with Crippen LogP contribution in [0.3, 0.4) is 0 Å². The smallest absolute Gasteiger partial charge is 0.280 e. The van der Waals surface area contributed by atoms with Crippen molar-refractivity contribution in [2.75, 3.05) is 0 Å². The number of alkyl halides is 2. The third kappa shape index (κ3) is 2.19. The number of rotatable bonds is 2. The van der Waals surface area contributed by atoms with Gasteiger partial charge in [0, 0.05) is 0 Å². The van der Waals surface area contributed by atoms with E-state index in [2.05, 4.69) is 4.98 Å². The van der Waals surface area contributed by atoms with Gasteiger partial charge in [-0.1, -0.05) is 11.6 Å². The molecule has 0 radical (unpaired) electrons. The Morgan fingerprint density at radius 2 is 2.27 bits per heavy atom. The second-order valence-corrected chi connectivity index (χ2v) is 2.90. The number of halogens is 3. The number of hydrogen-bond donors (Lipinski definition) is 1. The molecule has 4 nitrogen and oxygen atoms in total. The number of nitrogens with zero attached hydrogens (tertiary/aromatic N) is 2. The van der Waals surface area contributed by atoms with Gasteiger partial charge in [-0.15, -0.1) is 0 Å². The second-order valence-electron chi connectivity index (χ2n) is 2.54. The number of nitriles is 1. The van der Waals surface area contributed by atoms with Crippen LogP contribution in [0, 0.1) is 11.3 Å². The molecule has 7 heteroatoms. The molecule has 1 aromatic heterocycles. The summed E-state index contributed by atoms with van der Waals surface area (Å²) in [5.74, 6) is -0.982. The molecule has 0 aromatic carbocycles. The summed E-state index contributed by atoms with van der Waals surface area (Å²) in [5, 5.41) is 8.12. The zero-order chi connectivity index (χ0) is 11.6. The zero-order valence-corrected chi connectivity index (χ0v) is 7.92. The number of pyridine rings is 1. The van der Waals surface area contributed by atoms with Crippen LogP contribution in [0.25, 0.3) is 0 Å². The molecule has 15 heavy (non-hydrogen) atoms. The number of nitrogens with two attached hydrogens (primary N) is 1. The Labute approximate surface area is 88.3 Å². The van der Waals surface area contributed by atoms with Crippen molar-refractivity contribution in [3.8, 4) is 6.07 Å². The number of carbonyl (C=O) groups excluding carboxylic acids is 1. The van der Waals surface area contributed by atoms with Gasteiger partial charge in [0.2, 0.25) is 0 Å². The molecule has 1 rings (SSSR count). The molecule has 0 aliphatic carbocycles. The fourth-order valence-corrected chi connectivity index (χ4v) is 1.26. The number of hydrogen-bond acceptors (Lipinski definition) is 3. The summed E-state index contributed by atoms with van der Waals surface area (Å²) in [4.78, 5) is 14.1. The van der Waals surface area contributed by atoms with Crippen LogP contribution < -0.4 is 5.73 Å². The Morgan fingerprint density at radius 1 is 1.67 bits per heavy atom. The van der Waals surface area contributed by atoms with Crippen molar-refractivity contribution < 1.29 is 13.6 Å². The SMILES string of the molecule is N#Cc1cc(C(F)F)nc(Cl)c1C(N)=O. The Balaban J connectivity index is 3.46. The summed E-state index contributed by atoms with van der Waals surface area (Å²) >= 11 is 5.46. The third-order valence-electron chi connectivity index (χ3n) is 1.59. The van der Waals surface area contributed by atoms with E-state index in [0.29, 0.717) is 0 Å². The van der Waals surface area contributed by atoms with Gasteiger partial charge in [0.25, 0.3) is 12.3 Å². The van der Waals surface area contributed by atoms with Crippen LogP contribution in [0.1, 0.15) is 28.0 Å². The highest BCUT2D eigenvalue weighted by Crippen LogP contribution is 2.24. The number of amides is 1. The van der Waals surface area contributed by atoms with Gasteiger partial charge < -0.3 is 5.73 Å². The maximum Gasteiger partial charge on any atom is 0.280 e. The lowest BCUT2D eigenvalue weighted by Crippen LogP contribution is -2.15. The van der Waals surface area contributed by atoms with E-state index in [0.717, 1.165) is 6.07 Å². The van der Waals surface area contributed by atoms with Gasteiger partial charge in [-0.2, -0.15) is 5.26 Å². The fourth-order valence-electron chi connectivity index (χ4n) is 0.967. The lowest BCUT2D eigenvalue weighted by atomic mass is 10.1. The first-order chi connectivity index (χ1) is 6.97. The number of carbonyl (C=O) groups is 1. The topological polar surface area (TPSA) is 79.8 Å². The maximum atomic E-state index is 12.2. The van der Waals surface area contributed by atoms with Crippen molar-refractivity contribution >= 4 is 17.5 Å². The maximum absolute atomic E-state index is 12.2. The lowest BCUT2D eigenvalue weighted by molar-refractivity contribution is 0.0999. The summed E-state index contributed by atoms with van der Waals surface area (Å²) in [7, 11) is 0. The van der Waals surface area contributed by atoms with E-state index < -0.39 is 23.2 Å². The van der Waals surface area contributed by atoms with Gasteiger partial charge in [0.15, 0.2) is 0 Å². The van der Waals surface area contributed by atoms with Crippen LogP contribution in [0.2, 0.25) is 5.15 Å². The highest BCUT2D eigenvalue weighted by molar-refractivity contribution is 6.32. The second kappa shape index (κ2) is 4.19. The van der Waals surface area contributed by atoms with Crippen LogP contribution in [0.4, 0.5) is 8.78 Å². The standard InChI is InChI=1S/C8H4ClF2N3O/c9-6-5(8(13)15)3(2-12)1-4(14-6)7(10)11/h1,7H,(H2,13,15). The summed E-state index contributed by atoms with van der Waals surface area (Å²) in [6.45, 7) is 0. The molecule has 0 unspecified atom stereocenters. The van der Waals surface area contributed by atoms with E-state index in [9.17, 15) is 13.6 Å². The molecule has 0 fully saturated rings. The molecule has 0 saturated carbocycles. The molecule has 0 saturated heterocycles. The van der Waals surface area contributed by atoms with Gasteiger partial charge in [-0.05, 0) is 6.07 Å². The summed E-state index contributed by atoms with van der Waals surface area (Å²) < 4.78 is 24.5. The third-order valence-corrected chi connectivity index (χ3v) is 1.86. The minimum atomic E-state index is -2.86. The Hall–Kier alpha value is -1.74. The number of aromatic nitrogens is 1. The van der Waals surface area contributed by atoms with E-state index in [-0.39, 0.29) is 11.1 Å². The largest absolute Gasteiger partial charge is 0.365 e. The first-order valence-electron chi connectivity index (χ1n) is 3.66. The molecule has 1 amide bonds. The molecule has 0 aliphatic heterocycles. The first kappa shape index (κ1) is 11.3. The van der Waals surface area contributed by atoms with Crippen LogP contribution >= 0.6 is 11.6 Å². The molecule has 0 bridgehead atoms. The predicted molar refractivity (Wildman–Crippen MR) is 47.4 cm³/mol. The van der Waals surface area contributed by atoms with Crippen molar-refractivity contribution in [3.63, 3.8) is 0 Å². The van der Waals surface area contributed by atoms with Gasteiger partial charge >= 0.3 is 0 Å². The van der Waals surface area contributed by atoms with Crippen molar-refractivity contribution in [2.24, 2.45) is 5.73 Å². The minimum absolute atomic E-state index is 0.308. The van der Waals surface area contributed by atoms with E-state index in [1.165, 1.54) is 0 Å². The quantitative estimate of drug-likeness (QED) is 0.786. The highest BCUT2D eigenvalue weighted by Gasteiger charge is 2.19. The molecule has 0 atom stereocenters. The lowest BCUT2D eigenvalue weighted by Gasteiger charge is -2.04. The van der Waals surface area contributed by atoms with E-state index in [4.69, 9.17) is 22.6 Å². The predicted octanol–water partition coefficient (Wildman–Crippen LogP) is 1.64. The molecular weight excluding hydrogens is 228 g/mol. The van der Waals surface area contributed by atoms with Crippen LogP contribution in [0.15, 0.2) is 6.07 Å². The molecular formula is C8H4ClF2N3O. The Kier molecular flexibility index (Phi) is 3.17. The van der Waals surface area contributed by atoms with Gasteiger partial charge in [0.05, 0.1) is 11.1 Å². The molecule has 0 spiro atoms. The van der Waals surface area contributed by atoms with Gasteiger partial charge in [-0.25, -0.2) is 13.8 Å². The van der Waals surface area contributed by atoms with Crippen LogP contribution in [-0.2, 0) is 0 Å². The van der Waals surface area contributed by atoms with E-state index in [1.54, 1.807) is 6.07 Å². The first-order valence-corrected chi connectivity index (χ1v) is 4.03. The average Bonchev–Trinajstić information content (AvgIpc) is 2.15. The molecule has 1 aromatic rings. The van der Waals surface area contributed by atoms with Gasteiger partial charge in [0.1, 0.15) is 16.9 Å². The van der Waals surface area contributed by atoms with E-state index >= 15 is 0 Å². The summed E-state index contributed by atoms with van der Waals surface area (Å²) in [5.41, 5.74) is 3.60. The molecule has 1 heterocycles. The van der Waals surface area contributed by atoms with Crippen molar-refractivity contribution in [3.05, 3.63) is 28.0 Å². The Bertz CT molecular complexity index is 456. The Morgan fingerprint density at radius 3 is 2.67 bits per heavy atom. The monoisotopic (exact) mass is 231 g/mol. The van der Waals surface area contributed by atoms with E-state index in [1.807, 2.05) is 0 Å². The van der Waals surface area contributed by atoms with Crippen molar-refractivity contribution in [1.82, 2.24) is 4.98 Å². The fraction of sp³-hybridized carbons (Fsp3) is 0.125. The van der Waals surface area contributed by atoms with Crippen molar-refractivity contribution in [2.45, 2.75) is 6.43 Å². The average molecular weight is 232 g/mol. The zero-order valence-electron chi connectivity index (χ0n) is 7.17. The summed E-state index contributed by atoms with van der Waals surface area (Å²) in [6.07, 6.45) is -2.86. The summed E-state index contributed by atoms with van der Waals surface area (Å²) in [6, 6.07) is 2.34. The van der Waals surface area contributed by atoms with Crippen molar-refractivity contribution in [1.29, 1.82) is 5.26 Å². The normalized spacial score (nSPS) is 10.1. The van der Waals surface area contributed by atoms with Gasteiger partial charge in [-0.3, -0.25) is 4.79 Å². The number of primary amides is 1. The molecule has 0 aliphatic rings. The molecule has 78 valence electrons. The highest BCUT2D eigenvalue weighted by atomic mass is 35.5. The molecule has 2 N–H and O–H groups in total.